The van der Waals surface area contributed by atoms with E-state index in [2.05, 4.69) is 31.8 Å². The lowest BCUT2D eigenvalue weighted by Crippen LogP contribution is -2.41. The lowest BCUT2D eigenvalue weighted by Gasteiger charge is -2.10. The molecular weight excluding hydrogens is 369 g/mol. The standard InChI is InChI=1S/C13H17N5O.HI/c1-3-6-17-13(14-2)18-9-8-16-12(19)11-5-4-7-15-10-11;/h1,4-5,7,10H,6,8-9H2,2H3,(H,16,19)(H2,14,17,18);1H. The van der Waals surface area contributed by atoms with E-state index in [1.54, 1.807) is 25.4 Å². The van der Waals surface area contributed by atoms with E-state index in [4.69, 9.17) is 6.42 Å². The summed E-state index contributed by atoms with van der Waals surface area (Å²) in [4.78, 5) is 19.5. The number of amides is 1. The predicted octanol–water partition coefficient (Wildman–Crippen LogP) is 0.228. The zero-order chi connectivity index (χ0) is 13.9. The molecule has 6 nitrogen and oxygen atoms in total. The van der Waals surface area contributed by atoms with Gasteiger partial charge in [0.15, 0.2) is 5.96 Å². The number of pyridine rings is 1. The highest BCUT2D eigenvalue weighted by Gasteiger charge is 2.03. The van der Waals surface area contributed by atoms with Gasteiger partial charge in [-0.1, -0.05) is 5.92 Å². The minimum Gasteiger partial charge on any atom is -0.355 e. The summed E-state index contributed by atoms with van der Waals surface area (Å²) in [5.41, 5.74) is 0.539. The predicted molar refractivity (Wildman–Crippen MR) is 90.2 cm³/mol. The van der Waals surface area contributed by atoms with Crippen LogP contribution in [0.2, 0.25) is 0 Å². The maximum absolute atomic E-state index is 11.7. The van der Waals surface area contributed by atoms with E-state index < -0.39 is 0 Å². The summed E-state index contributed by atoms with van der Waals surface area (Å²) in [7, 11) is 1.65. The summed E-state index contributed by atoms with van der Waals surface area (Å²) in [5, 5.41) is 8.71. The molecule has 0 unspecified atom stereocenters. The van der Waals surface area contributed by atoms with Crippen molar-refractivity contribution in [3.63, 3.8) is 0 Å². The second-order valence-corrected chi connectivity index (χ2v) is 3.55. The minimum absolute atomic E-state index is 0. The van der Waals surface area contributed by atoms with Crippen molar-refractivity contribution in [1.82, 2.24) is 20.9 Å². The lowest BCUT2D eigenvalue weighted by atomic mass is 10.3. The van der Waals surface area contributed by atoms with Crippen LogP contribution in [0.5, 0.6) is 0 Å². The molecule has 0 spiro atoms. The zero-order valence-corrected chi connectivity index (χ0v) is 13.5. The number of aromatic nitrogens is 1. The van der Waals surface area contributed by atoms with Gasteiger partial charge >= 0.3 is 0 Å². The van der Waals surface area contributed by atoms with Gasteiger partial charge in [0, 0.05) is 32.5 Å². The van der Waals surface area contributed by atoms with Gasteiger partial charge in [-0.3, -0.25) is 14.8 Å². The van der Waals surface area contributed by atoms with E-state index in [1.165, 1.54) is 6.20 Å². The highest BCUT2D eigenvalue weighted by Crippen LogP contribution is 1.93. The number of carbonyl (C=O) groups is 1. The van der Waals surface area contributed by atoms with Gasteiger partial charge in [0.25, 0.3) is 5.91 Å². The second kappa shape index (κ2) is 11.0. The smallest absolute Gasteiger partial charge is 0.252 e. The van der Waals surface area contributed by atoms with Crippen LogP contribution in [-0.4, -0.2) is 43.5 Å². The average molecular weight is 387 g/mol. The van der Waals surface area contributed by atoms with E-state index >= 15 is 0 Å². The molecule has 1 rings (SSSR count). The molecule has 0 aliphatic heterocycles. The Balaban J connectivity index is 0.00000361. The van der Waals surface area contributed by atoms with Gasteiger partial charge in [0.05, 0.1) is 12.1 Å². The minimum atomic E-state index is -0.151. The van der Waals surface area contributed by atoms with Gasteiger partial charge in [0.1, 0.15) is 0 Å². The SMILES string of the molecule is C#CCNC(=NC)NCCNC(=O)c1cccnc1.I. The summed E-state index contributed by atoms with van der Waals surface area (Å²) < 4.78 is 0. The highest BCUT2D eigenvalue weighted by molar-refractivity contribution is 14.0. The molecule has 0 aliphatic carbocycles. The molecule has 1 aromatic heterocycles. The Morgan fingerprint density at radius 3 is 2.75 bits per heavy atom. The first-order valence-electron chi connectivity index (χ1n) is 5.84. The number of nitrogens with zero attached hydrogens (tertiary/aromatic N) is 2. The molecule has 0 radical (unpaired) electrons. The van der Waals surface area contributed by atoms with E-state index in [1.807, 2.05) is 0 Å². The van der Waals surface area contributed by atoms with Crippen molar-refractivity contribution < 1.29 is 4.79 Å². The number of hydrogen-bond donors (Lipinski definition) is 3. The molecule has 1 aromatic rings. The van der Waals surface area contributed by atoms with E-state index in [-0.39, 0.29) is 29.9 Å². The molecular formula is C13H18IN5O. The maximum Gasteiger partial charge on any atom is 0.252 e. The molecule has 1 amide bonds. The monoisotopic (exact) mass is 387 g/mol. The van der Waals surface area contributed by atoms with Crippen LogP contribution in [0.25, 0.3) is 0 Å². The fraction of sp³-hybridized carbons (Fsp3) is 0.308. The molecule has 0 fully saturated rings. The molecule has 0 aromatic carbocycles. The van der Waals surface area contributed by atoms with Crippen molar-refractivity contribution in [2.75, 3.05) is 26.7 Å². The number of rotatable bonds is 5. The zero-order valence-electron chi connectivity index (χ0n) is 11.2. The molecule has 0 saturated carbocycles. The number of halogens is 1. The summed E-state index contributed by atoms with van der Waals surface area (Å²) >= 11 is 0. The van der Waals surface area contributed by atoms with Gasteiger partial charge in [-0.05, 0) is 12.1 Å². The quantitative estimate of drug-likeness (QED) is 0.222. The van der Waals surface area contributed by atoms with Crippen molar-refractivity contribution >= 4 is 35.8 Å². The van der Waals surface area contributed by atoms with Crippen molar-refractivity contribution in [2.24, 2.45) is 4.99 Å². The Morgan fingerprint density at radius 1 is 1.40 bits per heavy atom. The van der Waals surface area contributed by atoms with Crippen LogP contribution in [0, 0.1) is 12.3 Å². The Morgan fingerprint density at radius 2 is 2.15 bits per heavy atom. The van der Waals surface area contributed by atoms with Gasteiger partial charge < -0.3 is 16.0 Å². The number of nitrogens with one attached hydrogen (secondary N) is 3. The van der Waals surface area contributed by atoms with Crippen LogP contribution < -0.4 is 16.0 Å². The van der Waals surface area contributed by atoms with Crippen LogP contribution in [0.1, 0.15) is 10.4 Å². The van der Waals surface area contributed by atoms with Crippen molar-refractivity contribution in [1.29, 1.82) is 0 Å². The molecule has 0 bridgehead atoms. The molecule has 7 heteroatoms. The summed E-state index contributed by atoms with van der Waals surface area (Å²) in [6.45, 7) is 1.43. The van der Waals surface area contributed by atoms with Crippen LogP contribution in [-0.2, 0) is 0 Å². The Labute approximate surface area is 135 Å². The third-order valence-corrected chi connectivity index (χ3v) is 2.21. The summed E-state index contributed by atoms with van der Waals surface area (Å²) in [6.07, 6.45) is 8.28. The maximum atomic E-state index is 11.7. The Kier molecular flexibility index (Phi) is 10.0. The molecule has 0 saturated heterocycles. The topological polar surface area (TPSA) is 78.4 Å². The Hall–Kier alpha value is -1.82. The van der Waals surface area contributed by atoms with E-state index in [0.29, 0.717) is 31.2 Å². The number of guanidine groups is 1. The highest BCUT2D eigenvalue weighted by atomic mass is 127. The number of aliphatic imine (C=N–C) groups is 1. The average Bonchev–Trinajstić information content (AvgIpc) is 2.47. The first-order valence-corrected chi connectivity index (χ1v) is 5.84. The molecule has 108 valence electrons. The van der Waals surface area contributed by atoms with E-state index in [0.717, 1.165) is 0 Å². The molecule has 0 aliphatic rings. The van der Waals surface area contributed by atoms with Gasteiger partial charge in [0.2, 0.25) is 0 Å². The fourth-order valence-corrected chi connectivity index (χ4v) is 1.31. The van der Waals surface area contributed by atoms with Gasteiger partial charge in [-0.25, -0.2) is 0 Å². The molecule has 0 atom stereocenters. The third kappa shape index (κ3) is 6.94. The van der Waals surface area contributed by atoms with Crippen LogP contribution in [0.15, 0.2) is 29.5 Å². The first kappa shape index (κ1) is 18.2. The summed E-state index contributed by atoms with van der Waals surface area (Å²) in [6, 6.07) is 3.43. The van der Waals surface area contributed by atoms with Crippen LogP contribution >= 0.6 is 24.0 Å². The summed E-state index contributed by atoms with van der Waals surface area (Å²) in [5.74, 6) is 2.91. The van der Waals surface area contributed by atoms with Crippen LogP contribution in [0.3, 0.4) is 0 Å². The molecule has 20 heavy (non-hydrogen) atoms. The number of carbonyl (C=O) groups excluding carboxylic acids is 1. The number of terminal acetylenes is 1. The Bertz CT molecular complexity index is 469. The van der Waals surface area contributed by atoms with Crippen molar-refractivity contribution in [3.8, 4) is 12.3 Å². The molecule has 3 N–H and O–H groups in total. The largest absolute Gasteiger partial charge is 0.355 e. The van der Waals surface area contributed by atoms with Crippen LogP contribution in [0.4, 0.5) is 0 Å². The first-order chi connectivity index (χ1) is 9.27. The second-order valence-electron chi connectivity index (χ2n) is 3.55. The third-order valence-electron chi connectivity index (χ3n) is 2.21. The lowest BCUT2D eigenvalue weighted by molar-refractivity contribution is 0.0954. The van der Waals surface area contributed by atoms with Gasteiger partial charge in [-0.2, -0.15) is 0 Å². The molecule has 1 heterocycles. The van der Waals surface area contributed by atoms with Crippen molar-refractivity contribution in [3.05, 3.63) is 30.1 Å². The van der Waals surface area contributed by atoms with Gasteiger partial charge in [-0.15, -0.1) is 30.4 Å². The van der Waals surface area contributed by atoms with Crippen molar-refractivity contribution in [2.45, 2.75) is 0 Å². The van der Waals surface area contributed by atoms with E-state index in [9.17, 15) is 4.79 Å². The normalized spacial score (nSPS) is 9.90. The fourth-order valence-electron chi connectivity index (χ4n) is 1.31. The number of hydrogen-bond acceptors (Lipinski definition) is 3.